The summed E-state index contributed by atoms with van der Waals surface area (Å²) >= 11 is 1.83. The summed E-state index contributed by atoms with van der Waals surface area (Å²) in [5.74, 6) is -0.236. The van der Waals surface area contributed by atoms with Gasteiger partial charge < -0.3 is 11.1 Å². The fraction of sp³-hybridized carbons (Fsp3) is 0.643. The van der Waals surface area contributed by atoms with Gasteiger partial charge in [0.15, 0.2) is 0 Å². The quantitative estimate of drug-likeness (QED) is 0.878. The van der Waals surface area contributed by atoms with Gasteiger partial charge in [0, 0.05) is 35.9 Å². The minimum Gasteiger partial charge on any atom is -0.368 e. The standard InChI is InChI=1S/C14H23N3OS/c1-14(2,3)12-5-4-10(19-12)9-17-7-6-16-8-11(17)13(15)18/h4-5,11,16H,6-9H2,1-3H3,(H2,15,18). The lowest BCUT2D eigenvalue weighted by Crippen LogP contribution is -2.56. The maximum atomic E-state index is 11.5. The first-order chi connectivity index (χ1) is 8.88. The third-order valence-electron chi connectivity index (χ3n) is 3.44. The molecule has 0 radical (unpaired) electrons. The topological polar surface area (TPSA) is 58.4 Å². The third kappa shape index (κ3) is 3.55. The number of thiophene rings is 1. The van der Waals surface area contributed by atoms with E-state index in [9.17, 15) is 4.79 Å². The Morgan fingerprint density at radius 2 is 2.26 bits per heavy atom. The van der Waals surface area contributed by atoms with Gasteiger partial charge in [0.1, 0.15) is 6.04 Å². The lowest BCUT2D eigenvalue weighted by atomic mass is 9.95. The summed E-state index contributed by atoms with van der Waals surface area (Å²) < 4.78 is 0. The van der Waals surface area contributed by atoms with Crippen LogP contribution in [0.3, 0.4) is 0 Å². The second kappa shape index (κ2) is 5.61. The molecule has 1 aromatic rings. The largest absolute Gasteiger partial charge is 0.368 e. The smallest absolute Gasteiger partial charge is 0.236 e. The van der Waals surface area contributed by atoms with Crippen molar-refractivity contribution < 1.29 is 4.79 Å². The number of piperazine rings is 1. The number of primary amides is 1. The lowest BCUT2D eigenvalue weighted by Gasteiger charge is -2.33. The van der Waals surface area contributed by atoms with Crippen LogP contribution in [0.25, 0.3) is 0 Å². The van der Waals surface area contributed by atoms with Gasteiger partial charge >= 0.3 is 0 Å². The maximum Gasteiger partial charge on any atom is 0.236 e. The molecule has 19 heavy (non-hydrogen) atoms. The molecule has 1 aliphatic heterocycles. The molecule has 2 rings (SSSR count). The van der Waals surface area contributed by atoms with Crippen molar-refractivity contribution in [3.05, 3.63) is 21.9 Å². The van der Waals surface area contributed by atoms with E-state index in [0.29, 0.717) is 6.54 Å². The molecule has 0 saturated carbocycles. The molecule has 1 saturated heterocycles. The SMILES string of the molecule is CC(C)(C)c1ccc(CN2CCNCC2C(N)=O)s1. The molecule has 0 spiro atoms. The van der Waals surface area contributed by atoms with Crippen LogP contribution in [0.1, 0.15) is 30.5 Å². The zero-order valence-corrected chi connectivity index (χ0v) is 12.7. The Bertz CT molecular complexity index is 450. The first-order valence-electron chi connectivity index (χ1n) is 6.71. The number of carbonyl (C=O) groups excluding carboxylic acids is 1. The Balaban J connectivity index is 2.07. The number of nitrogens with one attached hydrogen (secondary N) is 1. The first kappa shape index (κ1) is 14.5. The number of nitrogens with two attached hydrogens (primary N) is 1. The third-order valence-corrected chi connectivity index (χ3v) is 4.94. The van der Waals surface area contributed by atoms with E-state index in [2.05, 4.69) is 43.1 Å². The molecule has 4 nitrogen and oxygen atoms in total. The average molecular weight is 281 g/mol. The molecular weight excluding hydrogens is 258 g/mol. The summed E-state index contributed by atoms with van der Waals surface area (Å²) in [6.07, 6.45) is 0. The van der Waals surface area contributed by atoms with Crippen LogP contribution in [-0.4, -0.2) is 36.5 Å². The van der Waals surface area contributed by atoms with Crippen molar-refractivity contribution in [1.29, 1.82) is 0 Å². The van der Waals surface area contributed by atoms with E-state index in [0.717, 1.165) is 19.6 Å². The van der Waals surface area contributed by atoms with Gasteiger partial charge in [-0.15, -0.1) is 11.3 Å². The second-order valence-electron chi connectivity index (χ2n) is 6.11. The summed E-state index contributed by atoms with van der Waals surface area (Å²) in [4.78, 5) is 16.3. The van der Waals surface area contributed by atoms with Crippen molar-refractivity contribution in [2.75, 3.05) is 19.6 Å². The van der Waals surface area contributed by atoms with Crippen LogP contribution in [0, 0.1) is 0 Å². The van der Waals surface area contributed by atoms with Crippen molar-refractivity contribution >= 4 is 17.2 Å². The van der Waals surface area contributed by atoms with Crippen molar-refractivity contribution in [3.63, 3.8) is 0 Å². The number of amides is 1. The molecule has 1 atom stereocenters. The number of nitrogens with zero attached hydrogens (tertiary/aromatic N) is 1. The van der Waals surface area contributed by atoms with Crippen LogP contribution in [-0.2, 0) is 16.8 Å². The van der Waals surface area contributed by atoms with Gasteiger partial charge in [-0.1, -0.05) is 20.8 Å². The summed E-state index contributed by atoms with van der Waals surface area (Å²) in [6.45, 7) is 9.93. The monoisotopic (exact) mass is 281 g/mol. The molecule has 5 heteroatoms. The van der Waals surface area contributed by atoms with Gasteiger partial charge in [-0.2, -0.15) is 0 Å². The molecule has 1 aromatic heterocycles. The molecule has 3 N–H and O–H groups in total. The molecule has 1 unspecified atom stereocenters. The zero-order valence-electron chi connectivity index (χ0n) is 11.9. The van der Waals surface area contributed by atoms with Gasteiger partial charge in [0.2, 0.25) is 5.91 Å². The highest BCUT2D eigenvalue weighted by Gasteiger charge is 2.27. The Morgan fingerprint density at radius 3 is 2.84 bits per heavy atom. The van der Waals surface area contributed by atoms with E-state index in [1.54, 1.807) is 0 Å². The summed E-state index contributed by atoms with van der Waals surface area (Å²) in [5.41, 5.74) is 5.66. The fourth-order valence-corrected chi connectivity index (χ4v) is 3.37. The molecular formula is C14H23N3OS. The molecule has 1 aliphatic rings. The van der Waals surface area contributed by atoms with Gasteiger partial charge in [-0.05, 0) is 17.5 Å². The molecule has 0 aromatic carbocycles. The van der Waals surface area contributed by atoms with E-state index in [4.69, 9.17) is 5.73 Å². The fourth-order valence-electron chi connectivity index (χ4n) is 2.28. The van der Waals surface area contributed by atoms with Crippen LogP contribution < -0.4 is 11.1 Å². The highest BCUT2D eigenvalue weighted by Crippen LogP contribution is 2.30. The number of rotatable bonds is 3. The van der Waals surface area contributed by atoms with E-state index in [1.807, 2.05) is 11.3 Å². The number of hydrogen-bond donors (Lipinski definition) is 2. The zero-order chi connectivity index (χ0) is 14.0. The molecule has 1 amide bonds. The van der Waals surface area contributed by atoms with Gasteiger partial charge in [0.05, 0.1) is 0 Å². The minimum atomic E-state index is -0.236. The summed E-state index contributed by atoms with van der Waals surface area (Å²) in [5, 5.41) is 3.22. The predicted molar refractivity (Wildman–Crippen MR) is 79.3 cm³/mol. The van der Waals surface area contributed by atoms with E-state index in [1.165, 1.54) is 9.75 Å². The van der Waals surface area contributed by atoms with E-state index < -0.39 is 0 Å². The van der Waals surface area contributed by atoms with Crippen molar-refractivity contribution in [2.24, 2.45) is 5.73 Å². The van der Waals surface area contributed by atoms with Crippen LogP contribution in [0.5, 0.6) is 0 Å². The Hall–Kier alpha value is -0.910. The van der Waals surface area contributed by atoms with Gasteiger partial charge in [-0.25, -0.2) is 0 Å². The van der Waals surface area contributed by atoms with Crippen molar-refractivity contribution in [1.82, 2.24) is 10.2 Å². The highest BCUT2D eigenvalue weighted by atomic mass is 32.1. The summed E-state index contributed by atoms with van der Waals surface area (Å²) in [7, 11) is 0. The first-order valence-corrected chi connectivity index (χ1v) is 7.53. The lowest BCUT2D eigenvalue weighted by molar-refractivity contribution is -0.124. The van der Waals surface area contributed by atoms with Crippen molar-refractivity contribution in [3.8, 4) is 0 Å². The van der Waals surface area contributed by atoms with E-state index >= 15 is 0 Å². The Labute approximate surface area is 119 Å². The average Bonchev–Trinajstić information content (AvgIpc) is 2.77. The molecule has 0 bridgehead atoms. The van der Waals surface area contributed by atoms with E-state index in [-0.39, 0.29) is 17.4 Å². The number of hydrogen-bond acceptors (Lipinski definition) is 4. The Morgan fingerprint density at radius 1 is 1.53 bits per heavy atom. The molecule has 106 valence electrons. The van der Waals surface area contributed by atoms with Crippen LogP contribution in [0.2, 0.25) is 0 Å². The molecule has 2 heterocycles. The van der Waals surface area contributed by atoms with Crippen LogP contribution in [0.4, 0.5) is 0 Å². The maximum absolute atomic E-state index is 11.5. The second-order valence-corrected chi connectivity index (χ2v) is 7.28. The molecule has 0 aliphatic carbocycles. The summed E-state index contributed by atoms with van der Waals surface area (Å²) in [6, 6.07) is 4.18. The normalized spacial score (nSPS) is 21.5. The number of carbonyl (C=O) groups is 1. The minimum absolute atomic E-state index is 0.186. The predicted octanol–water partition coefficient (Wildman–Crippen LogP) is 1.30. The van der Waals surface area contributed by atoms with Gasteiger partial charge in [-0.3, -0.25) is 9.69 Å². The highest BCUT2D eigenvalue weighted by molar-refractivity contribution is 7.12. The Kier molecular flexibility index (Phi) is 4.28. The van der Waals surface area contributed by atoms with Crippen LogP contribution in [0.15, 0.2) is 12.1 Å². The van der Waals surface area contributed by atoms with Crippen LogP contribution >= 0.6 is 11.3 Å². The van der Waals surface area contributed by atoms with Gasteiger partial charge in [0.25, 0.3) is 0 Å². The molecule has 1 fully saturated rings. The van der Waals surface area contributed by atoms with Crippen molar-refractivity contribution in [2.45, 2.75) is 38.8 Å².